The van der Waals surface area contributed by atoms with Crippen LogP contribution >= 0.6 is 11.6 Å². The third-order valence-corrected chi connectivity index (χ3v) is 3.29. The Morgan fingerprint density at radius 3 is 2.76 bits per heavy atom. The molecule has 0 fully saturated rings. The van der Waals surface area contributed by atoms with E-state index >= 15 is 0 Å². The summed E-state index contributed by atoms with van der Waals surface area (Å²) in [5, 5.41) is -0.165. The normalized spacial score (nSPS) is 13.1. The first kappa shape index (κ1) is 13.9. The number of carbonyl (C=O) groups excluding carboxylic acids is 1. The lowest BCUT2D eigenvalue weighted by Gasteiger charge is -2.15. The van der Waals surface area contributed by atoms with Gasteiger partial charge in [-0.3, -0.25) is 4.79 Å². The van der Waals surface area contributed by atoms with Gasteiger partial charge in [0.05, 0.1) is 5.88 Å². The van der Waals surface area contributed by atoms with E-state index in [1.165, 1.54) is 18.3 Å². The molecule has 0 aliphatic carbocycles. The van der Waals surface area contributed by atoms with Gasteiger partial charge in [-0.15, -0.1) is 11.6 Å². The van der Waals surface area contributed by atoms with E-state index in [0.717, 1.165) is 6.92 Å². The van der Waals surface area contributed by atoms with Crippen molar-refractivity contribution in [3.05, 3.63) is 24.4 Å². The number of ether oxygens (including phenoxy) is 1. The number of nitrogens with zero attached hydrogens (tertiary/aromatic N) is 1. The highest BCUT2D eigenvalue weighted by atomic mass is 35.5. The van der Waals surface area contributed by atoms with Crippen molar-refractivity contribution in [3.63, 3.8) is 0 Å². The van der Waals surface area contributed by atoms with Gasteiger partial charge < -0.3 is 4.74 Å². The number of halogens is 1. The Balaban J connectivity index is 2.82. The number of esters is 1. The van der Waals surface area contributed by atoms with Crippen molar-refractivity contribution < 1.29 is 17.9 Å². The molecular formula is C9H11ClN2O4S. The summed E-state index contributed by atoms with van der Waals surface area (Å²) in [6, 6.07) is 4.44. The van der Waals surface area contributed by atoms with Crippen LogP contribution in [0.5, 0.6) is 0 Å². The molecule has 1 atom stereocenters. The molecular weight excluding hydrogens is 268 g/mol. The lowest BCUT2D eigenvalue weighted by Crippen LogP contribution is -2.39. The second kappa shape index (κ2) is 5.95. The topological polar surface area (TPSA) is 85.4 Å². The van der Waals surface area contributed by atoms with Gasteiger partial charge in [-0.1, -0.05) is 6.07 Å². The molecule has 17 heavy (non-hydrogen) atoms. The maximum absolute atomic E-state index is 11.8. The molecule has 8 heteroatoms. The number of pyridine rings is 1. The fraction of sp³-hybridized carbons (Fsp3) is 0.333. The fourth-order valence-electron chi connectivity index (χ4n) is 1.03. The van der Waals surface area contributed by atoms with Crippen LogP contribution in [0.2, 0.25) is 0 Å². The Labute approximate surface area is 104 Å². The minimum atomic E-state index is -3.84. The number of sulfonamides is 1. The zero-order chi connectivity index (χ0) is 12.9. The number of hydrogen-bond donors (Lipinski definition) is 1. The summed E-state index contributed by atoms with van der Waals surface area (Å²) in [5.74, 6) is -0.814. The highest BCUT2D eigenvalue weighted by Crippen LogP contribution is 2.05. The van der Waals surface area contributed by atoms with E-state index in [1.807, 2.05) is 0 Å². The molecule has 1 aromatic rings. The first-order valence-corrected chi connectivity index (χ1v) is 6.64. The molecule has 1 unspecified atom stereocenters. The summed E-state index contributed by atoms with van der Waals surface area (Å²) in [6.07, 6.45) is 0.233. The Kier molecular flexibility index (Phi) is 4.86. The molecule has 0 aliphatic heterocycles. The van der Waals surface area contributed by atoms with Crippen LogP contribution in [0.4, 0.5) is 0 Å². The smallest absolute Gasteiger partial charge is 0.304 e. The molecule has 0 radical (unpaired) electrons. The average Bonchev–Trinajstić information content (AvgIpc) is 2.28. The molecule has 0 amide bonds. The summed E-state index contributed by atoms with van der Waals surface area (Å²) < 4.78 is 30.3. The molecule has 0 spiro atoms. The van der Waals surface area contributed by atoms with E-state index in [2.05, 4.69) is 14.4 Å². The maximum atomic E-state index is 11.8. The molecule has 0 aliphatic rings. The first-order chi connectivity index (χ1) is 7.95. The van der Waals surface area contributed by atoms with Crippen LogP contribution in [0.1, 0.15) is 6.92 Å². The van der Waals surface area contributed by atoms with Crippen molar-refractivity contribution in [1.29, 1.82) is 0 Å². The van der Waals surface area contributed by atoms with Crippen LogP contribution in [-0.4, -0.2) is 31.5 Å². The molecule has 1 rings (SSSR count). The Morgan fingerprint density at radius 1 is 1.59 bits per heavy atom. The molecule has 1 N–H and O–H groups in total. The van der Waals surface area contributed by atoms with Gasteiger partial charge in [0.2, 0.25) is 0 Å². The van der Waals surface area contributed by atoms with Crippen molar-refractivity contribution >= 4 is 27.6 Å². The molecule has 94 valence electrons. The maximum Gasteiger partial charge on any atom is 0.304 e. The van der Waals surface area contributed by atoms with Gasteiger partial charge in [-0.05, 0) is 12.1 Å². The molecule has 0 saturated heterocycles. The molecule has 1 aromatic heterocycles. The predicted octanol–water partition coefficient (Wildman–Crippen LogP) is 0.488. The van der Waals surface area contributed by atoms with Gasteiger partial charge in [-0.2, -0.15) is 4.72 Å². The fourth-order valence-corrected chi connectivity index (χ4v) is 2.31. The van der Waals surface area contributed by atoms with Gasteiger partial charge in [0, 0.05) is 13.1 Å². The summed E-state index contributed by atoms with van der Waals surface area (Å²) in [5.41, 5.74) is 0. The van der Waals surface area contributed by atoms with Crippen LogP contribution in [-0.2, 0) is 19.6 Å². The van der Waals surface area contributed by atoms with Gasteiger partial charge in [0.25, 0.3) is 10.0 Å². The van der Waals surface area contributed by atoms with Crippen LogP contribution in [0.25, 0.3) is 0 Å². The summed E-state index contributed by atoms with van der Waals surface area (Å²) in [7, 11) is -3.84. The number of rotatable bonds is 5. The second-order valence-electron chi connectivity index (χ2n) is 3.04. The average molecular weight is 279 g/mol. The van der Waals surface area contributed by atoms with E-state index in [0.29, 0.717) is 0 Å². The summed E-state index contributed by atoms with van der Waals surface area (Å²) >= 11 is 5.48. The van der Waals surface area contributed by atoms with Crippen molar-refractivity contribution in [3.8, 4) is 0 Å². The first-order valence-electron chi connectivity index (χ1n) is 4.62. The zero-order valence-corrected chi connectivity index (χ0v) is 10.5. The van der Waals surface area contributed by atoms with Crippen molar-refractivity contribution in [2.45, 2.75) is 18.2 Å². The monoisotopic (exact) mass is 278 g/mol. The number of nitrogens with one attached hydrogen (secondary N) is 1. The highest BCUT2D eigenvalue weighted by molar-refractivity contribution is 7.89. The van der Waals surface area contributed by atoms with Crippen molar-refractivity contribution in [2.75, 3.05) is 5.88 Å². The molecule has 0 saturated carbocycles. The van der Waals surface area contributed by atoms with Crippen LogP contribution in [0, 0.1) is 0 Å². The summed E-state index contributed by atoms with van der Waals surface area (Å²) in [4.78, 5) is 14.4. The second-order valence-corrected chi connectivity index (χ2v) is 5.01. The van der Waals surface area contributed by atoms with E-state index in [-0.39, 0.29) is 10.9 Å². The lowest BCUT2D eigenvalue weighted by molar-refractivity contribution is -0.145. The summed E-state index contributed by atoms with van der Waals surface area (Å²) in [6.45, 7) is 1.16. The molecule has 1 heterocycles. The number of aromatic nitrogens is 1. The van der Waals surface area contributed by atoms with Crippen molar-refractivity contribution in [2.24, 2.45) is 0 Å². The number of alkyl halides is 1. The van der Waals surface area contributed by atoms with Crippen molar-refractivity contribution in [1.82, 2.24) is 9.71 Å². The standard InChI is InChI=1S/C9H11ClN2O4S/c1-7(13)16-8(6-10)12-17(14,15)9-4-2-3-5-11-9/h2-5,8,12H,6H2,1H3. The van der Waals surface area contributed by atoms with Gasteiger partial charge >= 0.3 is 5.97 Å². The lowest BCUT2D eigenvalue weighted by atomic mass is 10.5. The molecule has 0 aromatic carbocycles. The number of hydrogen-bond acceptors (Lipinski definition) is 5. The minimum Gasteiger partial charge on any atom is -0.444 e. The number of carbonyl (C=O) groups is 1. The predicted molar refractivity (Wildman–Crippen MR) is 60.8 cm³/mol. The van der Waals surface area contributed by atoms with Gasteiger partial charge in [0.15, 0.2) is 11.3 Å². The van der Waals surface area contributed by atoms with E-state index in [4.69, 9.17) is 11.6 Å². The SMILES string of the molecule is CC(=O)OC(CCl)NS(=O)(=O)c1ccccn1. The van der Waals surface area contributed by atoms with Crippen LogP contribution in [0.15, 0.2) is 29.4 Å². The Hall–Kier alpha value is -1.18. The van der Waals surface area contributed by atoms with Crippen LogP contribution in [0.3, 0.4) is 0 Å². The largest absolute Gasteiger partial charge is 0.444 e. The third kappa shape index (κ3) is 4.29. The molecule has 0 bridgehead atoms. The van der Waals surface area contributed by atoms with Gasteiger partial charge in [0.1, 0.15) is 0 Å². The minimum absolute atomic E-state index is 0.165. The van der Waals surface area contributed by atoms with Crippen LogP contribution < -0.4 is 4.72 Å². The Bertz CT molecular complexity index is 477. The van der Waals surface area contributed by atoms with E-state index in [9.17, 15) is 13.2 Å². The van der Waals surface area contributed by atoms with E-state index in [1.54, 1.807) is 6.07 Å². The molecule has 6 nitrogen and oxygen atoms in total. The third-order valence-electron chi connectivity index (χ3n) is 1.65. The Morgan fingerprint density at radius 2 is 2.29 bits per heavy atom. The quantitative estimate of drug-likeness (QED) is 0.481. The van der Waals surface area contributed by atoms with Gasteiger partial charge in [-0.25, -0.2) is 13.4 Å². The highest BCUT2D eigenvalue weighted by Gasteiger charge is 2.22. The van der Waals surface area contributed by atoms with E-state index < -0.39 is 22.2 Å². The zero-order valence-electron chi connectivity index (χ0n) is 8.96.